The average molecular weight is 870 g/mol. The van der Waals surface area contributed by atoms with Crippen molar-refractivity contribution in [3.05, 3.63) is 57.8 Å². The topological polar surface area (TPSA) is 195 Å². The van der Waals surface area contributed by atoms with E-state index >= 15 is 0 Å². The molecule has 8 rings (SSSR count). The monoisotopic (exact) mass is 868 g/mol. The van der Waals surface area contributed by atoms with E-state index in [2.05, 4.69) is 37.9 Å². The first-order valence-electron chi connectivity index (χ1n) is 20.2. The highest BCUT2D eigenvalue weighted by atomic mass is 79.9. The van der Waals surface area contributed by atoms with Crippen LogP contribution in [0.25, 0.3) is 10.9 Å². The van der Waals surface area contributed by atoms with Gasteiger partial charge in [0.25, 0.3) is 17.5 Å². The molecule has 3 heterocycles. The smallest absolute Gasteiger partial charge is 0.408 e. The molecule has 5 fully saturated rings. The number of halogens is 1. The summed E-state index contributed by atoms with van der Waals surface area (Å²) in [5.74, 6) is -2.62. The molecule has 1 aromatic heterocycles. The van der Waals surface area contributed by atoms with Crippen LogP contribution in [0.5, 0.6) is 6.01 Å². The maximum Gasteiger partial charge on any atom is 0.408 e. The first-order chi connectivity index (χ1) is 27.4. The van der Waals surface area contributed by atoms with Gasteiger partial charge in [0.1, 0.15) is 29.8 Å². The van der Waals surface area contributed by atoms with Gasteiger partial charge in [0.15, 0.2) is 0 Å². The van der Waals surface area contributed by atoms with Gasteiger partial charge in [-0.2, -0.15) is 4.98 Å². The third-order valence-electron chi connectivity index (χ3n) is 12.7. The van der Waals surface area contributed by atoms with Crippen LogP contribution in [0.3, 0.4) is 0 Å². The summed E-state index contributed by atoms with van der Waals surface area (Å²) < 4.78 is 42.4. The summed E-state index contributed by atoms with van der Waals surface area (Å²) in [4.78, 5) is 76.6. The normalized spacial score (nSPS) is 30.9. The zero-order chi connectivity index (χ0) is 40.1. The van der Waals surface area contributed by atoms with Crippen LogP contribution in [0, 0.1) is 17.8 Å². The fourth-order valence-corrected chi connectivity index (χ4v) is 10.9. The number of ether oxygens (including phenoxy) is 2. The molecule has 2 bridgehead atoms. The van der Waals surface area contributed by atoms with E-state index in [1.165, 1.54) is 15.5 Å². The van der Waals surface area contributed by atoms with E-state index in [-0.39, 0.29) is 55.4 Å². The summed E-state index contributed by atoms with van der Waals surface area (Å²) in [5.41, 5.74) is -1.49. The van der Waals surface area contributed by atoms with Crippen LogP contribution in [-0.2, 0) is 35.7 Å². The maximum atomic E-state index is 14.8. The molecule has 6 aliphatic rings. The van der Waals surface area contributed by atoms with Gasteiger partial charge in [0, 0.05) is 23.4 Å². The molecule has 57 heavy (non-hydrogen) atoms. The maximum absolute atomic E-state index is 14.8. The molecule has 0 spiro atoms. The summed E-state index contributed by atoms with van der Waals surface area (Å²) >= 11 is 3.46. The molecule has 3 N–H and O–H groups in total. The van der Waals surface area contributed by atoms with Gasteiger partial charge in [-0.25, -0.2) is 13.2 Å². The Hall–Kier alpha value is -4.25. The molecule has 306 valence electrons. The van der Waals surface area contributed by atoms with Crippen molar-refractivity contribution in [1.29, 1.82) is 0 Å². The Morgan fingerprint density at radius 2 is 1.77 bits per heavy atom. The molecule has 4 amide bonds. The van der Waals surface area contributed by atoms with Crippen LogP contribution in [0.15, 0.2) is 52.3 Å². The van der Waals surface area contributed by atoms with Crippen molar-refractivity contribution in [1.82, 2.24) is 29.8 Å². The summed E-state index contributed by atoms with van der Waals surface area (Å²) in [6, 6.07) is 3.03. The average Bonchev–Trinajstić information content (AvgIpc) is 3.96. The zero-order valence-corrected chi connectivity index (χ0v) is 34.1. The van der Waals surface area contributed by atoms with Gasteiger partial charge in [-0.3, -0.25) is 28.5 Å². The first kappa shape index (κ1) is 39.6. The lowest BCUT2D eigenvalue weighted by Gasteiger charge is -2.32. The fraction of sp³-hybridized carbons (Fsp3) is 0.600. The number of benzene rings is 1. The number of allylic oxidation sites excluding steroid dienone is 2. The highest BCUT2D eigenvalue weighted by molar-refractivity contribution is 9.10. The molecular weight excluding hydrogens is 820 g/mol. The first-order valence-corrected chi connectivity index (χ1v) is 22.5. The lowest BCUT2D eigenvalue weighted by atomic mass is 9.96. The summed E-state index contributed by atoms with van der Waals surface area (Å²) in [6.07, 6.45) is 11.8. The molecule has 1 aromatic carbocycles. The molecular formula is C40H49BrN6O9S. The molecule has 17 heteroatoms. The zero-order valence-electron chi connectivity index (χ0n) is 31.7. The van der Waals surface area contributed by atoms with Crippen LogP contribution in [0.4, 0.5) is 4.79 Å². The molecule has 4 saturated carbocycles. The minimum atomic E-state index is -3.92. The number of hydrogen-bond donors (Lipinski definition) is 3. The summed E-state index contributed by atoms with van der Waals surface area (Å²) in [5, 5.41) is 5.47. The van der Waals surface area contributed by atoms with E-state index in [9.17, 15) is 32.4 Å². The van der Waals surface area contributed by atoms with E-state index < -0.39 is 68.7 Å². The largest absolute Gasteiger partial charge is 0.459 e. The van der Waals surface area contributed by atoms with Gasteiger partial charge in [-0.05, 0) is 94.2 Å². The standard InChI is InChI=1S/C40H49BrN6O9S/c1-2-25-21-40(25,37(51)45-57(53,54)28-15-16-28)44-34(48)31-20-27-22-47(31)36(50)33(24-10-5-6-11-24)43-39(52)56-32-13-8-12-23(32)9-4-3-7-18-46-35(49)29-17-14-26(41)19-30(29)42-38(46)55-27/h2-3,7,14,17,19,23-25,27-28,31-33H,1,4-6,8-13,15-16,18,20-22H2,(H,43,52)(H,44,48)(H,45,51)/t23-,25-,27-,31+,32-,33+,40-/m1/s1. The van der Waals surface area contributed by atoms with Crippen molar-refractivity contribution in [3.63, 3.8) is 0 Å². The number of nitrogens with one attached hydrogen (secondary N) is 3. The van der Waals surface area contributed by atoms with Gasteiger partial charge < -0.3 is 25.0 Å². The highest BCUT2D eigenvalue weighted by Gasteiger charge is 2.62. The van der Waals surface area contributed by atoms with E-state index in [4.69, 9.17) is 14.5 Å². The molecule has 2 aliphatic heterocycles. The lowest BCUT2D eigenvalue weighted by molar-refractivity contribution is -0.142. The van der Waals surface area contributed by atoms with Gasteiger partial charge in [0.2, 0.25) is 21.8 Å². The lowest BCUT2D eigenvalue weighted by Crippen LogP contribution is -2.59. The third kappa shape index (κ3) is 8.10. The second-order valence-corrected chi connectivity index (χ2v) is 19.4. The Morgan fingerprint density at radius 3 is 2.51 bits per heavy atom. The van der Waals surface area contributed by atoms with Crippen molar-refractivity contribution >= 4 is 60.7 Å². The van der Waals surface area contributed by atoms with Crippen LogP contribution < -0.4 is 25.7 Å². The predicted molar refractivity (Wildman–Crippen MR) is 212 cm³/mol. The molecule has 7 atom stereocenters. The number of hydrogen-bond acceptors (Lipinski definition) is 10. The Kier molecular flexibility index (Phi) is 11.0. The van der Waals surface area contributed by atoms with E-state index in [1.54, 1.807) is 18.2 Å². The van der Waals surface area contributed by atoms with Gasteiger partial charge >= 0.3 is 6.09 Å². The molecule has 0 unspecified atom stereocenters. The SMILES string of the molecule is C=C[C@@H]1C[C@]1(NC(=O)[C@@H]1C[C@@H]2CN1C(=O)[C@H](C1CCCC1)NC(=O)O[C@@H]1CCC[C@H]1CCC=CCn1c(nc3cc(Br)ccc3c1=O)O2)C(=O)NS(=O)(=O)C1CC1. The Balaban J connectivity index is 1.15. The quantitative estimate of drug-likeness (QED) is 0.343. The number of rotatable bonds is 7. The summed E-state index contributed by atoms with van der Waals surface area (Å²) in [7, 11) is -3.92. The second kappa shape index (κ2) is 15.8. The number of aromatic nitrogens is 2. The Bertz CT molecular complexity index is 2170. The predicted octanol–water partition coefficient (Wildman–Crippen LogP) is 3.98. The number of nitrogens with zero attached hydrogens (tertiary/aromatic N) is 3. The number of carbonyl (C=O) groups excluding carboxylic acids is 4. The minimum Gasteiger partial charge on any atom is -0.459 e. The molecule has 15 nitrogen and oxygen atoms in total. The van der Waals surface area contributed by atoms with Gasteiger partial charge in [0.05, 0.1) is 22.7 Å². The molecule has 0 radical (unpaired) electrons. The summed E-state index contributed by atoms with van der Waals surface area (Å²) in [6.45, 7) is 3.86. The van der Waals surface area contributed by atoms with Crippen molar-refractivity contribution in [2.45, 2.75) is 125 Å². The molecule has 1 saturated heterocycles. The fourth-order valence-electron chi connectivity index (χ4n) is 9.21. The number of fused-ring (bicyclic) bond motifs is 5. The minimum absolute atomic E-state index is 0.0229. The van der Waals surface area contributed by atoms with Crippen molar-refractivity contribution < 1.29 is 37.1 Å². The van der Waals surface area contributed by atoms with Gasteiger partial charge in [-0.15, -0.1) is 6.58 Å². The Morgan fingerprint density at radius 1 is 1.00 bits per heavy atom. The van der Waals surface area contributed by atoms with E-state index in [0.29, 0.717) is 43.0 Å². The van der Waals surface area contributed by atoms with E-state index in [1.807, 2.05) is 12.2 Å². The van der Waals surface area contributed by atoms with Crippen LogP contribution in [-0.4, -0.2) is 88.3 Å². The number of carbonyl (C=O) groups is 4. The number of amides is 4. The molecule has 2 aromatic rings. The van der Waals surface area contributed by atoms with Crippen LogP contribution in [0.2, 0.25) is 0 Å². The third-order valence-corrected chi connectivity index (χ3v) is 15.0. The Labute approximate surface area is 339 Å². The van der Waals surface area contributed by atoms with Crippen molar-refractivity contribution in [2.24, 2.45) is 17.8 Å². The number of alkyl carbamates (subject to hydrolysis) is 1. The van der Waals surface area contributed by atoms with Crippen molar-refractivity contribution in [2.75, 3.05) is 6.54 Å². The highest BCUT2D eigenvalue weighted by Crippen LogP contribution is 2.46. The second-order valence-electron chi connectivity index (χ2n) is 16.5. The van der Waals surface area contributed by atoms with E-state index in [0.717, 1.165) is 43.0 Å². The molecule has 4 aliphatic carbocycles. The van der Waals surface area contributed by atoms with Crippen LogP contribution in [0.1, 0.15) is 83.5 Å². The number of sulfonamides is 1. The van der Waals surface area contributed by atoms with Crippen molar-refractivity contribution in [3.8, 4) is 6.01 Å². The van der Waals surface area contributed by atoms with Crippen LogP contribution >= 0.6 is 15.9 Å². The van der Waals surface area contributed by atoms with Gasteiger partial charge in [-0.1, -0.05) is 47.0 Å².